The maximum Gasteiger partial charge on any atom is 0.128 e. The van der Waals surface area contributed by atoms with Gasteiger partial charge < -0.3 is 4.90 Å². The van der Waals surface area contributed by atoms with E-state index in [9.17, 15) is 9.47 Å². The molecule has 0 N–H and O–H groups in total. The van der Waals surface area contributed by atoms with Crippen molar-refractivity contribution >= 4 is 21.1 Å². The molecule has 10 nitrogen and oxygen atoms in total. The van der Waals surface area contributed by atoms with Gasteiger partial charge in [0.1, 0.15) is 23.0 Å². The van der Waals surface area contributed by atoms with Crippen LogP contribution in [0.2, 0.25) is 0 Å². The summed E-state index contributed by atoms with van der Waals surface area (Å²) in [6.45, 7) is 6.14. The minimum absolute atomic E-state index is 0.412. The standard InChI is InChI=1S/C24H27N9OS/c1-17(2)11-29-35(34)8-6-32(7-9-35)22-5-4-18(12-26-22)23-24-19(10-25)13-28-33(24)16-21(30-23)20-14-27-31(3)15-20/h4-5,12-17H,6-9,11H2,1-3H3. The number of fused-ring (bicyclic) bond motifs is 1. The van der Waals surface area contributed by atoms with Gasteiger partial charge in [0.15, 0.2) is 0 Å². The number of aryl methyl sites for hydroxylation is 1. The highest BCUT2D eigenvalue weighted by Gasteiger charge is 2.22. The minimum Gasteiger partial charge on any atom is -0.355 e. The van der Waals surface area contributed by atoms with Crippen LogP contribution < -0.4 is 4.90 Å². The molecule has 0 saturated carbocycles. The van der Waals surface area contributed by atoms with E-state index in [1.54, 1.807) is 34.0 Å². The zero-order chi connectivity index (χ0) is 24.6. The molecule has 35 heavy (non-hydrogen) atoms. The second kappa shape index (κ2) is 9.11. The Labute approximate surface area is 204 Å². The van der Waals surface area contributed by atoms with Crippen molar-refractivity contribution in [2.75, 3.05) is 36.0 Å². The molecule has 0 atom stereocenters. The van der Waals surface area contributed by atoms with Crippen molar-refractivity contribution in [3.8, 4) is 28.6 Å². The third-order valence-electron chi connectivity index (χ3n) is 6.00. The third kappa shape index (κ3) is 4.61. The first kappa shape index (κ1) is 23.0. The summed E-state index contributed by atoms with van der Waals surface area (Å²) >= 11 is 0. The maximum absolute atomic E-state index is 13.0. The van der Waals surface area contributed by atoms with E-state index >= 15 is 0 Å². The quantitative estimate of drug-likeness (QED) is 0.423. The number of rotatable bonds is 5. The highest BCUT2D eigenvalue weighted by Crippen LogP contribution is 2.29. The van der Waals surface area contributed by atoms with Crippen molar-refractivity contribution in [3.05, 3.63) is 48.7 Å². The Morgan fingerprint density at radius 1 is 1.11 bits per heavy atom. The Kier molecular flexibility index (Phi) is 5.98. The Bertz CT molecular complexity index is 1520. The fourth-order valence-corrected chi connectivity index (χ4v) is 6.11. The average Bonchev–Trinajstić information content (AvgIpc) is 3.49. The second-order valence-corrected chi connectivity index (χ2v) is 11.7. The maximum atomic E-state index is 13.0. The van der Waals surface area contributed by atoms with Crippen molar-refractivity contribution < 1.29 is 4.21 Å². The van der Waals surface area contributed by atoms with Crippen LogP contribution in [0.25, 0.3) is 28.0 Å². The molecule has 1 aliphatic rings. The second-order valence-electron chi connectivity index (χ2n) is 9.12. The predicted molar refractivity (Wildman–Crippen MR) is 135 cm³/mol. The molecule has 0 aliphatic carbocycles. The molecule has 0 spiro atoms. The summed E-state index contributed by atoms with van der Waals surface area (Å²) in [6.07, 6.45) is 8.75. The summed E-state index contributed by atoms with van der Waals surface area (Å²) in [6, 6.07) is 6.12. The van der Waals surface area contributed by atoms with E-state index in [0.29, 0.717) is 59.5 Å². The van der Waals surface area contributed by atoms with Crippen LogP contribution in [-0.4, -0.2) is 64.7 Å². The Morgan fingerprint density at radius 3 is 2.54 bits per heavy atom. The Balaban J connectivity index is 1.45. The molecule has 1 aliphatic heterocycles. The number of nitriles is 1. The molecule has 0 amide bonds. The third-order valence-corrected chi connectivity index (χ3v) is 8.26. The summed E-state index contributed by atoms with van der Waals surface area (Å²) in [5.74, 6) is 2.35. The van der Waals surface area contributed by atoms with E-state index in [1.807, 2.05) is 25.4 Å². The predicted octanol–water partition coefficient (Wildman–Crippen LogP) is 3.01. The van der Waals surface area contributed by atoms with Gasteiger partial charge in [-0.05, 0) is 18.1 Å². The van der Waals surface area contributed by atoms with Gasteiger partial charge in [-0.25, -0.2) is 23.1 Å². The van der Waals surface area contributed by atoms with E-state index in [4.69, 9.17) is 4.98 Å². The zero-order valence-corrected chi connectivity index (χ0v) is 20.8. The topological polar surface area (TPSA) is 117 Å². The smallest absolute Gasteiger partial charge is 0.128 e. The van der Waals surface area contributed by atoms with Crippen molar-refractivity contribution in [1.82, 2.24) is 29.4 Å². The molecule has 11 heteroatoms. The molecule has 5 rings (SSSR count). The first-order valence-electron chi connectivity index (χ1n) is 11.5. The highest BCUT2D eigenvalue weighted by atomic mass is 32.2. The molecule has 0 bridgehead atoms. The van der Waals surface area contributed by atoms with Crippen LogP contribution in [0, 0.1) is 17.2 Å². The van der Waals surface area contributed by atoms with Crippen LogP contribution in [0.5, 0.6) is 0 Å². The molecule has 4 aromatic rings. The van der Waals surface area contributed by atoms with Gasteiger partial charge in [0.25, 0.3) is 0 Å². The normalized spacial score (nSPS) is 15.5. The highest BCUT2D eigenvalue weighted by molar-refractivity contribution is 7.93. The van der Waals surface area contributed by atoms with E-state index < -0.39 is 9.73 Å². The summed E-state index contributed by atoms with van der Waals surface area (Å²) in [5.41, 5.74) is 4.06. The number of nitrogens with zero attached hydrogens (tertiary/aromatic N) is 9. The number of hydrogen-bond donors (Lipinski definition) is 0. The van der Waals surface area contributed by atoms with Crippen molar-refractivity contribution in [1.29, 1.82) is 5.26 Å². The molecule has 0 aromatic carbocycles. The number of aromatic nitrogens is 6. The van der Waals surface area contributed by atoms with Gasteiger partial charge in [-0.15, -0.1) is 0 Å². The number of anilines is 1. The molecule has 180 valence electrons. The van der Waals surface area contributed by atoms with Crippen LogP contribution in [0.15, 0.2) is 47.5 Å². The van der Waals surface area contributed by atoms with Gasteiger partial charge >= 0.3 is 0 Å². The molecule has 0 radical (unpaired) electrons. The van der Waals surface area contributed by atoms with Crippen molar-refractivity contribution in [2.45, 2.75) is 13.8 Å². The fraction of sp³-hybridized carbons (Fsp3) is 0.375. The fourth-order valence-electron chi connectivity index (χ4n) is 4.07. The zero-order valence-electron chi connectivity index (χ0n) is 20.0. The molecule has 1 saturated heterocycles. The van der Waals surface area contributed by atoms with Gasteiger partial charge in [-0.1, -0.05) is 13.8 Å². The van der Waals surface area contributed by atoms with Gasteiger partial charge in [0.05, 0.1) is 46.3 Å². The monoisotopic (exact) mass is 489 g/mol. The lowest BCUT2D eigenvalue weighted by Crippen LogP contribution is -2.40. The first-order chi connectivity index (χ1) is 16.8. The summed E-state index contributed by atoms with van der Waals surface area (Å²) < 4.78 is 20.9. The van der Waals surface area contributed by atoms with Gasteiger partial charge in [-0.2, -0.15) is 15.5 Å². The summed E-state index contributed by atoms with van der Waals surface area (Å²) in [7, 11) is -0.282. The average molecular weight is 490 g/mol. The van der Waals surface area contributed by atoms with Crippen LogP contribution in [-0.2, 0) is 16.8 Å². The molecular weight excluding hydrogens is 462 g/mol. The Morgan fingerprint density at radius 2 is 1.91 bits per heavy atom. The van der Waals surface area contributed by atoms with Gasteiger partial charge in [-0.3, -0.25) is 4.68 Å². The van der Waals surface area contributed by atoms with Crippen LogP contribution in [0.1, 0.15) is 19.4 Å². The van der Waals surface area contributed by atoms with Gasteiger partial charge in [0.2, 0.25) is 0 Å². The van der Waals surface area contributed by atoms with Crippen LogP contribution >= 0.6 is 0 Å². The minimum atomic E-state index is -2.13. The lowest BCUT2D eigenvalue weighted by atomic mass is 10.1. The molecule has 0 unspecified atom stereocenters. The van der Waals surface area contributed by atoms with Gasteiger partial charge in [0, 0.05) is 55.2 Å². The molecule has 4 aromatic heterocycles. The van der Waals surface area contributed by atoms with Crippen LogP contribution in [0.3, 0.4) is 0 Å². The van der Waals surface area contributed by atoms with E-state index in [2.05, 4.69) is 44.4 Å². The lowest BCUT2D eigenvalue weighted by molar-refractivity contribution is 0.641. The molecule has 1 fully saturated rings. The van der Waals surface area contributed by atoms with E-state index in [-0.39, 0.29) is 0 Å². The van der Waals surface area contributed by atoms with Crippen LogP contribution in [0.4, 0.5) is 5.82 Å². The Hall–Kier alpha value is -3.78. The first-order valence-corrected chi connectivity index (χ1v) is 13.4. The number of hydrogen-bond acceptors (Lipinski definition) is 8. The number of pyridine rings is 1. The largest absolute Gasteiger partial charge is 0.355 e. The SMILES string of the molecule is CC(C)CN=S1(=O)CCN(c2ccc(-c3nc(-c4cnn(C)c4)cn4ncc(C#N)c34)cn2)CC1. The van der Waals surface area contributed by atoms with E-state index in [1.165, 1.54) is 0 Å². The van der Waals surface area contributed by atoms with Crippen molar-refractivity contribution in [3.63, 3.8) is 0 Å². The summed E-state index contributed by atoms with van der Waals surface area (Å²) in [4.78, 5) is 11.7. The van der Waals surface area contributed by atoms with Crippen molar-refractivity contribution in [2.24, 2.45) is 17.3 Å². The lowest BCUT2D eigenvalue weighted by Gasteiger charge is -2.29. The summed E-state index contributed by atoms with van der Waals surface area (Å²) in [5, 5.41) is 18.2. The van der Waals surface area contributed by atoms with E-state index in [0.717, 1.165) is 16.9 Å². The molecular formula is C24H27N9OS. The molecule has 5 heterocycles.